The Labute approximate surface area is 129 Å². The van der Waals surface area contributed by atoms with E-state index in [1.165, 1.54) is 6.20 Å². The van der Waals surface area contributed by atoms with E-state index in [1.807, 2.05) is 0 Å². The molecule has 0 fully saturated rings. The van der Waals surface area contributed by atoms with Gasteiger partial charge in [-0.25, -0.2) is 9.59 Å². The largest absolute Gasteiger partial charge is 0.464 e. The van der Waals surface area contributed by atoms with Crippen LogP contribution in [0.25, 0.3) is 0 Å². The van der Waals surface area contributed by atoms with E-state index in [1.54, 1.807) is 45.9 Å². The highest BCUT2D eigenvalue weighted by Gasteiger charge is 2.33. The maximum Gasteiger partial charge on any atom is 0.408 e. The number of hydrogen-bond acceptors (Lipinski definition) is 6. The Morgan fingerprint density at radius 3 is 2.55 bits per heavy atom. The van der Waals surface area contributed by atoms with Gasteiger partial charge < -0.3 is 19.9 Å². The number of carbonyl (C=O) groups excluding carboxylic acids is 2. The average molecular weight is 310 g/mol. The van der Waals surface area contributed by atoms with E-state index < -0.39 is 29.8 Å². The summed E-state index contributed by atoms with van der Waals surface area (Å²) in [5.41, 5.74) is -0.476. The highest BCUT2D eigenvalue weighted by atomic mass is 16.6. The fourth-order valence-electron chi connectivity index (χ4n) is 1.66. The molecule has 0 aliphatic rings. The van der Waals surface area contributed by atoms with Crippen LogP contribution >= 0.6 is 0 Å². The third-order valence-electron chi connectivity index (χ3n) is 2.52. The number of ether oxygens (including phenoxy) is 2. The molecular weight excluding hydrogens is 288 g/mol. The summed E-state index contributed by atoms with van der Waals surface area (Å²) in [5, 5.41) is 12.6. The summed E-state index contributed by atoms with van der Waals surface area (Å²) in [6, 6.07) is 3.59. The summed E-state index contributed by atoms with van der Waals surface area (Å²) >= 11 is 0. The summed E-state index contributed by atoms with van der Waals surface area (Å²) in [4.78, 5) is 27.8. The van der Waals surface area contributed by atoms with Crippen molar-refractivity contribution in [1.29, 1.82) is 0 Å². The lowest BCUT2D eigenvalue weighted by Gasteiger charge is -2.25. The molecule has 0 saturated carbocycles. The van der Waals surface area contributed by atoms with Crippen LogP contribution in [0.15, 0.2) is 24.4 Å². The lowest BCUT2D eigenvalue weighted by Crippen LogP contribution is -2.47. The summed E-state index contributed by atoms with van der Waals surface area (Å²) < 4.78 is 9.97. The molecule has 1 heterocycles. The van der Waals surface area contributed by atoms with Crippen molar-refractivity contribution in [3.05, 3.63) is 30.1 Å². The number of carbonyl (C=O) groups is 2. The Balaban J connectivity index is 2.89. The molecule has 0 bridgehead atoms. The summed E-state index contributed by atoms with van der Waals surface area (Å²) in [6.45, 7) is 6.85. The van der Waals surface area contributed by atoms with E-state index >= 15 is 0 Å². The Morgan fingerprint density at radius 2 is 2.05 bits per heavy atom. The van der Waals surface area contributed by atoms with E-state index in [9.17, 15) is 14.7 Å². The van der Waals surface area contributed by atoms with Crippen molar-refractivity contribution in [1.82, 2.24) is 10.3 Å². The molecule has 7 nitrogen and oxygen atoms in total. The minimum atomic E-state index is -1.34. The SMILES string of the molecule is CCOC(=O)C(NC(=O)OC(C)(C)C)C(O)c1ccccn1. The van der Waals surface area contributed by atoms with Crippen molar-refractivity contribution >= 4 is 12.1 Å². The Bertz CT molecular complexity index is 498. The van der Waals surface area contributed by atoms with Crippen molar-refractivity contribution in [3.8, 4) is 0 Å². The molecule has 1 aromatic heterocycles. The second kappa shape index (κ2) is 7.74. The summed E-state index contributed by atoms with van der Waals surface area (Å²) in [6.07, 6.45) is -0.679. The third-order valence-corrected chi connectivity index (χ3v) is 2.52. The summed E-state index contributed by atoms with van der Waals surface area (Å²) in [5.74, 6) is -0.758. The highest BCUT2D eigenvalue weighted by Crippen LogP contribution is 2.16. The van der Waals surface area contributed by atoms with Crippen LogP contribution in [0, 0.1) is 0 Å². The minimum Gasteiger partial charge on any atom is -0.464 e. The number of pyridine rings is 1. The number of alkyl carbamates (subject to hydrolysis) is 1. The fourth-order valence-corrected chi connectivity index (χ4v) is 1.66. The Kier molecular flexibility index (Phi) is 6.30. The zero-order valence-corrected chi connectivity index (χ0v) is 13.2. The zero-order valence-electron chi connectivity index (χ0n) is 13.2. The molecule has 0 radical (unpaired) electrons. The lowest BCUT2D eigenvalue weighted by molar-refractivity contribution is -0.149. The molecule has 1 amide bonds. The smallest absolute Gasteiger partial charge is 0.408 e. The molecule has 1 rings (SSSR count). The van der Waals surface area contributed by atoms with Crippen molar-refractivity contribution in [2.24, 2.45) is 0 Å². The van der Waals surface area contributed by atoms with E-state index in [0.717, 1.165) is 0 Å². The van der Waals surface area contributed by atoms with Gasteiger partial charge >= 0.3 is 12.1 Å². The molecule has 2 atom stereocenters. The molecule has 2 unspecified atom stereocenters. The maximum atomic E-state index is 12.0. The Hall–Kier alpha value is -2.15. The molecule has 122 valence electrons. The zero-order chi connectivity index (χ0) is 16.8. The molecule has 2 N–H and O–H groups in total. The number of esters is 1. The number of amides is 1. The van der Waals surface area contributed by atoms with E-state index in [4.69, 9.17) is 9.47 Å². The topological polar surface area (TPSA) is 97.8 Å². The number of aromatic nitrogens is 1. The molecule has 0 aliphatic heterocycles. The molecule has 1 aromatic rings. The van der Waals surface area contributed by atoms with Gasteiger partial charge in [-0.2, -0.15) is 0 Å². The second-order valence-electron chi connectivity index (χ2n) is 5.58. The van der Waals surface area contributed by atoms with Crippen LogP contribution in [-0.2, 0) is 14.3 Å². The van der Waals surface area contributed by atoms with Crippen molar-refractivity contribution in [3.63, 3.8) is 0 Å². The third kappa shape index (κ3) is 5.69. The van der Waals surface area contributed by atoms with Crippen LogP contribution < -0.4 is 5.32 Å². The van der Waals surface area contributed by atoms with E-state index in [0.29, 0.717) is 0 Å². The number of nitrogens with zero attached hydrogens (tertiary/aromatic N) is 1. The number of hydrogen-bond donors (Lipinski definition) is 2. The maximum absolute atomic E-state index is 12.0. The number of nitrogens with one attached hydrogen (secondary N) is 1. The Morgan fingerprint density at radius 1 is 1.36 bits per heavy atom. The van der Waals surface area contributed by atoms with Crippen molar-refractivity contribution in [2.45, 2.75) is 45.4 Å². The highest BCUT2D eigenvalue weighted by molar-refractivity contribution is 5.82. The van der Waals surface area contributed by atoms with Crippen LogP contribution in [0.2, 0.25) is 0 Å². The van der Waals surface area contributed by atoms with Gasteiger partial charge in [0.15, 0.2) is 6.04 Å². The van der Waals surface area contributed by atoms with Gasteiger partial charge in [-0.3, -0.25) is 4.98 Å². The molecule has 22 heavy (non-hydrogen) atoms. The molecule has 0 saturated heterocycles. The number of aliphatic hydroxyl groups is 1. The molecule has 0 aromatic carbocycles. The first kappa shape index (κ1) is 17.9. The number of aliphatic hydroxyl groups excluding tert-OH is 1. The van der Waals surface area contributed by atoms with Gasteiger partial charge in [0.1, 0.15) is 11.7 Å². The molecule has 0 aliphatic carbocycles. The van der Waals surface area contributed by atoms with Crippen LogP contribution in [0.4, 0.5) is 4.79 Å². The predicted molar refractivity (Wildman–Crippen MR) is 79.0 cm³/mol. The van der Waals surface area contributed by atoms with Gasteiger partial charge in [-0.1, -0.05) is 6.07 Å². The first-order valence-corrected chi connectivity index (χ1v) is 6.99. The second-order valence-corrected chi connectivity index (χ2v) is 5.58. The van der Waals surface area contributed by atoms with Gasteiger partial charge in [-0.05, 0) is 39.8 Å². The molecule has 0 spiro atoms. The first-order valence-electron chi connectivity index (χ1n) is 6.99. The normalized spacial score (nSPS) is 13.9. The number of rotatable bonds is 5. The predicted octanol–water partition coefficient (Wildman–Crippen LogP) is 1.57. The molecular formula is C15H22N2O5. The van der Waals surface area contributed by atoms with Crippen molar-refractivity contribution < 1.29 is 24.2 Å². The van der Waals surface area contributed by atoms with Crippen molar-refractivity contribution in [2.75, 3.05) is 6.61 Å². The van der Waals surface area contributed by atoms with Crippen LogP contribution in [-0.4, -0.2) is 40.4 Å². The quantitative estimate of drug-likeness (QED) is 0.801. The van der Waals surface area contributed by atoms with Gasteiger partial charge in [-0.15, -0.1) is 0 Å². The van der Waals surface area contributed by atoms with Gasteiger partial charge in [0.05, 0.1) is 12.3 Å². The minimum absolute atomic E-state index is 0.125. The fraction of sp³-hybridized carbons (Fsp3) is 0.533. The van der Waals surface area contributed by atoms with Gasteiger partial charge in [0.2, 0.25) is 0 Å². The van der Waals surface area contributed by atoms with Crippen LogP contribution in [0.5, 0.6) is 0 Å². The summed E-state index contributed by atoms with van der Waals surface area (Å²) in [7, 11) is 0. The standard InChI is InChI=1S/C15H22N2O5/c1-5-21-13(19)11(17-14(20)22-15(2,3)4)12(18)10-8-6-7-9-16-10/h6-9,11-12,18H,5H2,1-4H3,(H,17,20). The van der Waals surface area contributed by atoms with Gasteiger partial charge in [0.25, 0.3) is 0 Å². The monoisotopic (exact) mass is 310 g/mol. The molecule has 7 heteroatoms. The first-order chi connectivity index (χ1) is 10.2. The van der Waals surface area contributed by atoms with Crippen LogP contribution in [0.3, 0.4) is 0 Å². The lowest BCUT2D eigenvalue weighted by atomic mass is 10.1. The van der Waals surface area contributed by atoms with E-state index in [2.05, 4.69) is 10.3 Å². The van der Waals surface area contributed by atoms with Crippen LogP contribution in [0.1, 0.15) is 39.5 Å². The average Bonchev–Trinajstić information content (AvgIpc) is 2.43. The van der Waals surface area contributed by atoms with E-state index in [-0.39, 0.29) is 12.3 Å². The van der Waals surface area contributed by atoms with Gasteiger partial charge in [0, 0.05) is 6.20 Å².